The molecule has 3 nitrogen and oxygen atoms in total. The summed E-state index contributed by atoms with van der Waals surface area (Å²) in [6.07, 6.45) is 3.55. The third-order valence-electron chi connectivity index (χ3n) is 4.70. The first-order valence-electron chi connectivity index (χ1n) is 7.26. The van der Waals surface area contributed by atoms with E-state index in [1.807, 2.05) is 24.3 Å². The molecule has 2 fully saturated rings. The highest BCUT2D eigenvalue weighted by Gasteiger charge is 2.53. The second-order valence-corrected chi connectivity index (χ2v) is 6.94. The van der Waals surface area contributed by atoms with Crippen molar-refractivity contribution in [3.05, 3.63) is 35.4 Å². The lowest BCUT2D eigenvalue weighted by Gasteiger charge is -2.41. The van der Waals surface area contributed by atoms with Crippen molar-refractivity contribution in [2.24, 2.45) is 0 Å². The minimum absolute atomic E-state index is 0.00713. The van der Waals surface area contributed by atoms with E-state index >= 15 is 0 Å². The standard InChI is InChI=1S/C16H17Cl2NO2/c17-15(18)11-6-2-1-5-10(11)12-7-3-4-8-16(12)13(20)9-14(21)19-16/h1-2,5-6,12,15H,3-4,7-9H2,(H,19,21). The van der Waals surface area contributed by atoms with Gasteiger partial charge in [0.2, 0.25) is 5.91 Å². The number of alkyl halides is 2. The van der Waals surface area contributed by atoms with Crippen LogP contribution >= 0.6 is 23.2 Å². The van der Waals surface area contributed by atoms with Gasteiger partial charge in [0.1, 0.15) is 10.4 Å². The van der Waals surface area contributed by atoms with Gasteiger partial charge in [0.25, 0.3) is 0 Å². The number of amides is 1. The van der Waals surface area contributed by atoms with E-state index in [1.165, 1.54) is 0 Å². The van der Waals surface area contributed by atoms with Crippen LogP contribution in [-0.4, -0.2) is 17.2 Å². The van der Waals surface area contributed by atoms with E-state index in [9.17, 15) is 9.59 Å². The smallest absolute Gasteiger partial charge is 0.228 e. The zero-order chi connectivity index (χ0) is 15.0. The van der Waals surface area contributed by atoms with Gasteiger partial charge in [-0.1, -0.05) is 37.1 Å². The molecule has 1 aliphatic heterocycles. The molecule has 1 heterocycles. The normalized spacial score (nSPS) is 29.2. The number of rotatable bonds is 2. The summed E-state index contributed by atoms with van der Waals surface area (Å²) in [7, 11) is 0. The molecule has 5 heteroatoms. The third kappa shape index (κ3) is 2.47. The average Bonchev–Trinajstić information content (AvgIpc) is 2.74. The van der Waals surface area contributed by atoms with Gasteiger partial charge in [-0.25, -0.2) is 0 Å². The Morgan fingerprint density at radius 3 is 2.62 bits per heavy atom. The fraction of sp³-hybridized carbons (Fsp3) is 0.500. The molecule has 3 rings (SSSR count). The molecule has 0 aromatic heterocycles. The van der Waals surface area contributed by atoms with E-state index < -0.39 is 10.4 Å². The van der Waals surface area contributed by atoms with Gasteiger partial charge in [-0.2, -0.15) is 0 Å². The van der Waals surface area contributed by atoms with Gasteiger partial charge in [0.05, 0.1) is 6.42 Å². The predicted octanol–water partition coefficient (Wildman–Crippen LogP) is 3.65. The lowest BCUT2D eigenvalue weighted by Crippen LogP contribution is -2.53. The molecule has 1 spiro atoms. The van der Waals surface area contributed by atoms with Gasteiger partial charge in [-0.05, 0) is 24.0 Å². The number of carbonyl (C=O) groups is 2. The Morgan fingerprint density at radius 1 is 1.19 bits per heavy atom. The summed E-state index contributed by atoms with van der Waals surface area (Å²) in [5, 5.41) is 2.96. The minimum Gasteiger partial charge on any atom is -0.343 e. The summed E-state index contributed by atoms with van der Waals surface area (Å²) < 4.78 is 0. The van der Waals surface area contributed by atoms with Crippen LogP contribution in [-0.2, 0) is 9.59 Å². The van der Waals surface area contributed by atoms with Gasteiger partial charge in [0, 0.05) is 5.92 Å². The van der Waals surface area contributed by atoms with Crippen LogP contribution in [0.2, 0.25) is 0 Å². The maximum absolute atomic E-state index is 12.5. The molecule has 1 N–H and O–H groups in total. The molecule has 0 radical (unpaired) electrons. The lowest BCUT2D eigenvalue weighted by molar-refractivity contribution is -0.124. The van der Waals surface area contributed by atoms with Crippen molar-refractivity contribution in [3.63, 3.8) is 0 Å². The van der Waals surface area contributed by atoms with Gasteiger partial charge in [-0.15, -0.1) is 23.2 Å². The van der Waals surface area contributed by atoms with Crippen LogP contribution in [0.4, 0.5) is 0 Å². The van der Waals surface area contributed by atoms with Crippen LogP contribution in [0.5, 0.6) is 0 Å². The van der Waals surface area contributed by atoms with Crippen molar-refractivity contribution < 1.29 is 9.59 Å². The zero-order valence-corrected chi connectivity index (χ0v) is 13.1. The second kappa shape index (κ2) is 5.62. The number of halogens is 2. The minimum atomic E-state index is -0.756. The number of nitrogens with one attached hydrogen (secondary N) is 1. The molecule has 1 aliphatic carbocycles. The molecule has 21 heavy (non-hydrogen) atoms. The predicted molar refractivity (Wildman–Crippen MR) is 82.6 cm³/mol. The fourth-order valence-electron chi connectivity index (χ4n) is 3.77. The Kier molecular flexibility index (Phi) is 3.98. The van der Waals surface area contributed by atoms with E-state index in [4.69, 9.17) is 23.2 Å². The molecular weight excluding hydrogens is 309 g/mol. The Hall–Kier alpha value is -1.06. The highest BCUT2D eigenvalue weighted by molar-refractivity contribution is 6.44. The van der Waals surface area contributed by atoms with E-state index in [2.05, 4.69) is 5.32 Å². The van der Waals surface area contributed by atoms with E-state index in [1.54, 1.807) is 0 Å². The number of hydrogen-bond acceptors (Lipinski definition) is 2. The molecule has 1 saturated heterocycles. The largest absolute Gasteiger partial charge is 0.343 e. The Morgan fingerprint density at radius 2 is 1.95 bits per heavy atom. The lowest BCUT2D eigenvalue weighted by atomic mass is 9.67. The SMILES string of the molecule is O=C1CC(=O)C2(CCCCC2c2ccccc2C(Cl)Cl)N1. The average molecular weight is 326 g/mol. The number of hydrogen-bond donors (Lipinski definition) is 1. The first-order valence-corrected chi connectivity index (χ1v) is 8.13. The highest BCUT2D eigenvalue weighted by Crippen LogP contribution is 2.46. The van der Waals surface area contributed by atoms with Crippen molar-refractivity contribution in [2.75, 3.05) is 0 Å². The maximum Gasteiger partial charge on any atom is 0.228 e. The third-order valence-corrected chi connectivity index (χ3v) is 5.17. The quantitative estimate of drug-likeness (QED) is 0.666. The summed E-state index contributed by atoms with van der Waals surface area (Å²) >= 11 is 12.2. The Bertz CT molecular complexity index is 587. The van der Waals surface area contributed by atoms with Gasteiger partial charge in [-0.3, -0.25) is 9.59 Å². The molecule has 2 unspecified atom stereocenters. The van der Waals surface area contributed by atoms with Crippen LogP contribution < -0.4 is 5.32 Å². The van der Waals surface area contributed by atoms with E-state index in [-0.39, 0.29) is 24.0 Å². The van der Waals surface area contributed by atoms with Crippen molar-refractivity contribution >= 4 is 34.9 Å². The van der Waals surface area contributed by atoms with Crippen LogP contribution in [0.15, 0.2) is 24.3 Å². The van der Waals surface area contributed by atoms with E-state index in [0.717, 1.165) is 30.4 Å². The van der Waals surface area contributed by atoms with Crippen LogP contribution in [0.3, 0.4) is 0 Å². The number of ketones is 1. The summed E-state index contributed by atoms with van der Waals surface area (Å²) in [6.45, 7) is 0. The summed E-state index contributed by atoms with van der Waals surface area (Å²) in [4.78, 5) is 23.6. The molecule has 2 atom stereocenters. The van der Waals surface area contributed by atoms with Gasteiger partial charge >= 0.3 is 0 Å². The number of benzene rings is 1. The molecule has 1 saturated carbocycles. The highest BCUT2D eigenvalue weighted by atomic mass is 35.5. The zero-order valence-electron chi connectivity index (χ0n) is 11.6. The Labute approximate surface area is 134 Å². The molecule has 112 valence electrons. The van der Waals surface area contributed by atoms with Crippen LogP contribution in [0, 0.1) is 0 Å². The van der Waals surface area contributed by atoms with Crippen molar-refractivity contribution in [3.8, 4) is 0 Å². The summed E-state index contributed by atoms with van der Waals surface area (Å²) in [5.41, 5.74) is 1.07. The summed E-state index contributed by atoms with van der Waals surface area (Å²) in [6, 6.07) is 7.69. The molecule has 1 aromatic carbocycles. The maximum atomic E-state index is 12.5. The topological polar surface area (TPSA) is 46.2 Å². The Balaban J connectivity index is 2.07. The molecule has 1 aromatic rings. The van der Waals surface area contributed by atoms with Crippen molar-refractivity contribution in [2.45, 2.75) is 48.4 Å². The van der Waals surface area contributed by atoms with Crippen LogP contribution in [0.25, 0.3) is 0 Å². The monoisotopic (exact) mass is 325 g/mol. The molecular formula is C16H17Cl2NO2. The van der Waals surface area contributed by atoms with Crippen LogP contribution in [0.1, 0.15) is 54.0 Å². The number of Topliss-reactive ketones (excluding diaryl/α,β-unsaturated/α-hetero) is 1. The number of carbonyl (C=O) groups excluding carboxylic acids is 2. The fourth-order valence-corrected chi connectivity index (χ4v) is 4.17. The van der Waals surface area contributed by atoms with Crippen molar-refractivity contribution in [1.82, 2.24) is 5.32 Å². The first kappa shape index (κ1) is 14.9. The molecule has 0 bridgehead atoms. The first-order chi connectivity index (χ1) is 10.0. The molecule has 1 amide bonds. The molecule has 2 aliphatic rings. The van der Waals surface area contributed by atoms with Gasteiger partial charge < -0.3 is 5.32 Å². The van der Waals surface area contributed by atoms with E-state index in [0.29, 0.717) is 6.42 Å². The van der Waals surface area contributed by atoms with Crippen molar-refractivity contribution in [1.29, 1.82) is 0 Å². The van der Waals surface area contributed by atoms with Gasteiger partial charge in [0.15, 0.2) is 5.78 Å². The second-order valence-electron chi connectivity index (χ2n) is 5.85. The summed E-state index contributed by atoms with van der Waals surface area (Å²) in [5.74, 6) is -0.202.